The number of carbonyl (C=O) groups excluding carboxylic acids is 1. The van der Waals surface area contributed by atoms with Crippen LogP contribution >= 0.6 is 0 Å². The van der Waals surface area contributed by atoms with Crippen molar-refractivity contribution in [1.29, 1.82) is 0 Å². The molecule has 0 bridgehead atoms. The Balaban J connectivity index is 2.05. The minimum atomic E-state index is -4.45. The molecule has 2 aromatic carbocycles. The lowest BCUT2D eigenvalue weighted by Gasteiger charge is -2.16. The van der Waals surface area contributed by atoms with Gasteiger partial charge in [-0.1, -0.05) is 36.4 Å². The number of benzene rings is 2. The maximum Gasteiger partial charge on any atom is 0.411 e. The molecule has 0 heterocycles. The maximum absolute atomic E-state index is 12.7. The van der Waals surface area contributed by atoms with E-state index >= 15 is 0 Å². The molecule has 0 saturated heterocycles. The standard InChI is InChI=1S/C20H23F3N2O4S/c1-14-8-9-17(19(26)25-15(2)12-29-13-20(21,22)23)10-18(14)30(27,28)24-11-16-6-4-3-5-7-16/h3-10,15,24H,11-13H2,1-2H3,(H,25,26). The summed E-state index contributed by atoms with van der Waals surface area (Å²) in [6.45, 7) is 1.44. The molecule has 0 aliphatic carbocycles. The van der Waals surface area contributed by atoms with Gasteiger partial charge < -0.3 is 10.1 Å². The molecule has 10 heteroatoms. The first kappa shape index (κ1) is 23.8. The molecule has 0 radical (unpaired) electrons. The first-order valence-electron chi connectivity index (χ1n) is 9.07. The lowest BCUT2D eigenvalue weighted by molar-refractivity contribution is -0.174. The molecule has 0 saturated carbocycles. The van der Waals surface area contributed by atoms with Gasteiger partial charge in [0.1, 0.15) is 6.61 Å². The minimum Gasteiger partial charge on any atom is -0.370 e. The fourth-order valence-electron chi connectivity index (χ4n) is 2.58. The van der Waals surface area contributed by atoms with Crippen molar-refractivity contribution in [3.8, 4) is 0 Å². The van der Waals surface area contributed by atoms with Crippen molar-refractivity contribution in [2.75, 3.05) is 13.2 Å². The van der Waals surface area contributed by atoms with E-state index in [4.69, 9.17) is 0 Å². The lowest BCUT2D eigenvalue weighted by Crippen LogP contribution is -2.37. The molecule has 1 atom stereocenters. The highest BCUT2D eigenvalue weighted by Gasteiger charge is 2.27. The second kappa shape index (κ2) is 10.1. The van der Waals surface area contributed by atoms with Crippen molar-refractivity contribution in [3.63, 3.8) is 0 Å². The summed E-state index contributed by atoms with van der Waals surface area (Å²) in [4.78, 5) is 12.3. The maximum atomic E-state index is 12.7. The third kappa shape index (κ3) is 7.43. The Morgan fingerprint density at radius 1 is 1.13 bits per heavy atom. The van der Waals surface area contributed by atoms with E-state index in [0.29, 0.717) is 5.56 Å². The quantitative estimate of drug-likeness (QED) is 0.622. The van der Waals surface area contributed by atoms with Gasteiger partial charge in [-0.2, -0.15) is 13.2 Å². The van der Waals surface area contributed by atoms with Crippen molar-refractivity contribution < 1.29 is 31.1 Å². The van der Waals surface area contributed by atoms with E-state index in [0.717, 1.165) is 5.56 Å². The van der Waals surface area contributed by atoms with Crippen molar-refractivity contribution >= 4 is 15.9 Å². The molecule has 6 nitrogen and oxygen atoms in total. The van der Waals surface area contributed by atoms with E-state index in [1.807, 2.05) is 6.07 Å². The van der Waals surface area contributed by atoms with E-state index in [1.54, 1.807) is 31.2 Å². The molecular weight excluding hydrogens is 421 g/mol. The average Bonchev–Trinajstić information content (AvgIpc) is 2.66. The summed E-state index contributed by atoms with van der Waals surface area (Å²) in [6.07, 6.45) is -4.45. The summed E-state index contributed by atoms with van der Waals surface area (Å²) in [7, 11) is -3.88. The molecule has 2 rings (SSSR count). The second-order valence-corrected chi connectivity index (χ2v) is 8.53. The van der Waals surface area contributed by atoms with Crippen molar-refractivity contribution in [1.82, 2.24) is 10.0 Å². The number of halogens is 3. The van der Waals surface area contributed by atoms with Crippen LogP contribution in [0.15, 0.2) is 53.4 Å². The fraction of sp³-hybridized carbons (Fsp3) is 0.350. The number of amides is 1. The van der Waals surface area contributed by atoms with Gasteiger partial charge in [-0.3, -0.25) is 4.79 Å². The molecule has 164 valence electrons. The monoisotopic (exact) mass is 444 g/mol. The van der Waals surface area contributed by atoms with Gasteiger partial charge in [0, 0.05) is 18.2 Å². The molecule has 2 aromatic rings. The number of hydrogen-bond donors (Lipinski definition) is 2. The number of nitrogens with one attached hydrogen (secondary N) is 2. The molecule has 1 amide bonds. The van der Waals surface area contributed by atoms with Crippen molar-refractivity contribution in [2.24, 2.45) is 0 Å². The van der Waals surface area contributed by atoms with Gasteiger partial charge in [-0.05, 0) is 37.1 Å². The van der Waals surface area contributed by atoms with Crippen LogP contribution in [0.1, 0.15) is 28.4 Å². The van der Waals surface area contributed by atoms with Crippen LogP contribution in [-0.4, -0.2) is 39.8 Å². The SMILES string of the molecule is Cc1ccc(C(=O)NC(C)COCC(F)(F)F)cc1S(=O)(=O)NCc1ccccc1. The molecule has 2 N–H and O–H groups in total. The number of carbonyl (C=O) groups is 1. The van der Waals surface area contributed by atoms with Gasteiger partial charge in [-0.15, -0.1) is 0 Å². The molecule has 0 fully saturated rings. The highest BCUT2D eigenvalue weighted by Crippen LogP contribution is 2.18. The summed E-state index contributed by atoms with van der Waals surface area (Å²) < 4.78 is 68.8. The first-order valence-corrected chi connectivity index (χ1v) is 10.6. The third-order valence-corrected chi connectivity index (χ3v) is 5.60. The van der Waals surface area contributed by atoms with Crippen LogP contribution < -0.4 is 10.0 Å². The molecule has 0 spiro atoms. The number of rotatable bonds is 9. The second-order valence-electron chi connectivity index (χ2n) is 6.80. The molecule has 0 aliphatic rings. The topological polar surface area (TPSA) is 84.5 Å². The minimum absolute atomic E-state index is 0.0490. The highest BCUT2D eigenvalue weighted by molar-refractivity contribution is 7.89. The van der Waals surface area contributed by atoms with Crippen molar-refractivity contribution in [2.45, 2.75) is 37.5 Å². The Bertz CT molecular complexity index is 964. The van der Waals surface area contributed by atoms with Crippen LogP contribution in [0.25, 0.3) is 0 Å². The van der Waals surface area contributed by atoms with E-state index in [2.05, 4.69) is 14.8 Å². The number of ether oxygens (including phenoxy) is 1. The number of aryl methyl sites for hydroxylation is 1. The first-order chi connectivity index (χ1) is 14.0. The predicted octanol–water partition coefficient (Wildman–Crippen LogP) is 3.17. The largest absolute Gasteiger partial charge is 0.411 e. The molecular formula is C20H23F3N2O4S. The van der Waals surface area contributed by atoms with Crippen LogP contribution in [0.5, 0.6) is 0 Å². The zero-order chi connectivity index (χ0) is 22.4. The Morgan fingerprint density at radius 3 is 2.43 bits per heavy atom. The Morgan fingerprint density at radius 2 is 1.80 bits per heavy atom. The van der Waals surface area contributed by atoms with E-state index in [1.165, 1.54) is 25.1 Å². The number of alkyl halides is 3. The molecule has 1 unspecified atom stereocenters. The highest BCUT2D eigenvalue weighted by atomic mass is 32.2. The Kier molecular flexibility index (Phi) is 7.99. The smallest absolute Gasteiger partial charge is 0.370 e. The summed E-state index contributed by atoms with van der Waals surface area (Å²) in [5.41, 5.74) is 1.30. The van der Waals surface area contributed by atoms with Gasteiger partial charge in [0.25, 0.3) is 5.91 Å². The van der Waals surface area contributed by atoms with Gasteiger partial charge in [-0.25, -0.2) is 13.1 Å². The van der Waals surface area contributed by atoms with Crippen LogP contribution in [0.4, 0.5) is 13.2 Å². The Hall–Kier alpha value is -2.43. The third-order valence-electron chi connectivity index (χ3n) is 4.06. The van der Waals surface area contributed by atoms with Crippen molar-refractivity contribution in [3.05, 3.63) is 65.2 Å². The van der Waals surface area contributed by atoms with Crippen LogP contribution in [0, 0.1) is 6.92 Å². The molecule has 0 aromatic heterocycles. The summed E-state index contributed by atoms with van der Waals surface area (Å²) in [5.74, 6) is -0.613. The lowest BCUT2D eigenvalue weighted by atomic mass is 10.1. The number of sulfonamides is 1. The van der Waals surface area contributed by atoms with Crippen LogP contribution in [0.2, 0.25) is 0 Å². The Labute approximate surface area is 173 Å². The van der Waals surface area contributed by atoms with E-state index in [9.17, 15) is 26.4 Å². The van der Waals surface area contributed by atoms with Gasteiger partial charge in [0.15, 0.2) is 0 Å². The van der Waals surface area contributed by atoms with Crippen LogP contribution in [-0.2, 0) is 21.3 Å². The zero-order valence-corrected chi connectivity index (χ0v) is 17.3. The average molecular weight is 444 g/mol. The predicted molar refractivity (Wildman–Crippen MR) is 105 cm³/mol. The number of hydrogen-bond acceptors (Lipinski definition) is 4. The summed E-state index contributed by atoms with van der Waals surface area (Å²) in [5, 5.41) is 2.49. The summed E-state index contributed by atoms with van der Waals surface area (Å²) >= 11 is 0. The van der Waals surface area contributed by atoms with E-state index in [-0.39, 0.29) is 23.6 Å². The normalized spacial score (nSPS) is 13.1. The zero-order valence-electron chi connectivity index (χ0n) is 16.5. The summed E-state index contributed by atoms with van der Waals surface area (Å²) in [6, 6.07) is 12.4. The molecule has 0 aliphatic heterocycles. The van der Waals surface area contributed by atoms with Gasteiger partial charge in [0.2, 0.25) is 10.0 Å². The van der Waals surface area contributed by atoms with Gasteiger partial charge >= 0.3 is 6.18 Å². The van der Waals surface area contributed by atoms with Crippen LogP contribution in [0.3, 0.4) is 0 Å². The van der Waals surface area contributed by atoms with Gasteiger partial charge in [0.05, 0.1) is 11.5 Å². The van der Waals surface area contributed by atoms with E-state index < -0.39 is 34.8 Å². The molecule has 30 heavy (non-hydrogen) atoms. The fourth-order valence-corrected chi connectivity index (χ4v) is 3.87.